The van der Waals surface area contributed by atoms with Gasteiger partial charge in [-0.25, -0.2) is 0 Å². The Morgan fingerprint density at radius 1 is 1.04 bits per heavy atom. The quantitative estimate of drug-likeness (QED) is 0.735. The van der Waals surface area contributed by atoms with Crippen LogP contribution in [0.15, 0.2) is 48.7 Å². The van der Waals surface area contributed by atoms with Crippen LogP contribution in [-0.2, 0) is 11.2 Å². The molecule has 2 aromatic carbocycles. The first-order valence-corrected chi connectivity index (χ1v) is 9.78. The number of aromatic nitrogens is 1. The summed E-state index contributed by atoms with van der Waals surface area (Å²) in [4.78, 5) is 32.3. The van der Waals surface area contributed by atoms with Crippen LogP contribution in [0.3, 0.4) is 0 Å². The van der Waals surface area contributed by atoms with Crippen LogP contribution in [0.4, 0.5) is 0 Å². The molecule has 0 bridgehead atoms. The van der Waals surface area contributed by atoms with Gasteiger partial charge < -0.3 is 14.8 Å². The number of carbonyl (C=O) groups excluding carboxylic acids is 2. The van der Waals surface area contributed by atoms with Crippen LogP contribution in [0.2, 0.25) is 5.02 Å². The third-order valence-electron chi connectivity index (χ3n) is 5.26. The first-order chi connectivity index (χ1) is 13.5. The zero-order valence-corrected chi connectivity index (χ0v) is 16.5. The predicted molar refractivity (Wildman–Crippen MR) is 111 cm³/mol. The van der Waals surface area contributed by atoms with Crippen LogP contribution in [0.5, 0.6) is 0 Å². The molecule has 28 heavy (non-hydrogen) atoms. The number of halogens is 1. The van der Waals surface area contributed by atoms with E-state index in [1.54, 1.807) is 0 Å². The van der Waals surface area contributed by atoms with E-state index in [0.29, 0.717) is 43.2 Å². The molecule has 0 saturated carbocycles. The van der Waals surface area contributed by atoms with Crippen molar-refractivity contribution in [3.05, 3.63) is 70.4 Å². The molecule has 3 aromatic rings. The smallest absolute Gasteiger partial charge is 0.253 e. The van der Waals surface area contributed by atoms with Crippen LogP contribution in [0, 0.1) is 6.92 Å². The fraction of sp³-hybridized carbons (Fsp3) is 0.273. The molecule has 0 aliphatic carbocycles. The molecule has 2 heterocycles. The van der Waals surface area contributed by atoms with Gasteiger partial charge in [0, 0.05) is 53.9 Å². The molecular formula is C22H22ClN3O2. The minimum atomic E-state index is 0.0297. The number of nitrogens with one attached hydrogen (secondary N) is 1. The molecule has 144 valence electrons. The highest BCUT2D eigenvalue weighted by Gasteiger charge is 2.25. The van der Waals surface area contributed by atoms with Gasteiger partial charge in [-0.1, -0.05) is 29.3 Å². The van der Waals surface area contributed by atoms with Crippen molar-refractivity contribution in [2.75, 3.05) is 26.2 Å². The van der Waals surface area contributed by atoms with E-state index in [1.807, 2.05) is 65.4 Å². The van der Waals surface area contributed by atoms with Crippen LogP contribution < -0.4 is 0 Å². The van der Waals surface area contributed by atoms with E-state index < -0.39 is 0 Å². The fourth-order valence-corrected chi connectivity index (χ4v) is 3.86. The zero-order valence-electron chi connectivity index (χ0n) is 15.7. The molecular weight excluding hydrogens is 374 g/mol. The number of H-pyrrole nitrogens is 1. The van der Waals surface area contributed by atoms with E-state index in [0.717, 1.165) is 22.0 Å². The molecule has 2 amide bonds. The van der Waals surface area contributed by atoms with E-state index in [1.165, 1.54) is 0 Å². The zero-order chi connectivity index (χ0) is 19.7. The number of benzene rings is 2. The lowest BCUT2D eigenvalue weighted by Crippen LogP contribution is -2.51. The van der Waals surface area contributed by atoms with Gasteiger partial charge in [-0.15, -0.1) is 0 Å². The monoisotopic (exact) mass is 395 g/mol. The van der Waals surface area contributed by atoms with Gasteiger partial charge in [0.2, 0.25) is 5.91 Å². The lowest BCUT2D eigenvalue weighted by molar-refractivity contribution is -0.131. The highest BCUT2D eigenvalue weighted by Crippen LogP contribution is 2.23. The number of aryl methyl sites for hydroxylation is 1. The highest BCUT2D eigenvalue weighted by molar-refractivity contribution is 6.31. The van der Waals surface area contributed by atoms with E-state index in [-0.39, 0.29) is 11.8 Å². The summed E-state index contributed by atoms with van der Waals surface area (Å²) in [5.41, 5.74) is 3.69. The van der Waals surface area contributed by atoms with Gasteiger partial charge >= 0.3 is 0 Å². The molecule has 1 aromatic heterocycles. The second-order valence-corrected chi connectivity index (χ2v) is 7.66. The largest absolute Gasteiger partial charge is 0.361 e. The lowest BCUT2D eigenvalue weighted by Gasteiger charge is -2.35. The summed E-state index contributed by atoms with van der Waals surface area (Å²) >= 11 is 6.09. The molecule has 1 aliphatic heterocycles. The number of amides is 2. The first kappa shape index (κ1) is 18.6. The number of nitrogens with zero attached hydrogens (tertiary/aromatic N) is 2. The molecule has 1 N–H and O–H groups in total. The summed E-state index contributed by atoms with van der Waals surface area (Å²) in [6.07, 6.45) is 2.20. The second kappa shape index (κ2) is 7.68. The number of fused-ring (bicyclic) bond motifs is 1. The summed E-state index contributed by atoms with van der Waals surface area (Å²) in [5, 5.41) is 1.64. The van der Waals surface area contributed by atoms with Crippen molar-refractivity contribution in [3.8, 4) is 0 Å². The maximum Gasteiger partial charge on any atom is 0.253 e. The van der Waals surface area contributed by atoms with Crippen LogP contribution in [0.25, 0.3) is 10.9 Å². The summed E-state index contributed by atoms with van der Waals surface area (Å²) in [5.74, 6) is 0.102. The first-order valence-electron chi connectivity index (χ1n) is 9.40. The lowest BCUT2D eigenvalue weighted by atomic mass is 10.1. The van der Waals surface area contributed by atoms with Crippen LogP contribution in [0.1, 0.15) is 21.5 Å². The SMILES string of the molecule is Cc1cccc(C(=O)N2CCN(C(=O)Cc3c[nH]c4ccc(Cl)cc34)CC2)c1. The van der Waals surface area contributed by atoms with Gasteiger partial charge in [0.15, 0.2) is 0 Å². The van der Waals surface area contributed by atoms with E-state index in [2.05, 4.69) is 4.98 Å². The third kappa shape index (κ3) is 3.76. The van der Waals surface area contributed by atoms with E-state index in [4.69, 9.17) is 11.6 Å². The molecule has 1 aliphatic rings. The minimum absolute atomic E-state index is 0.0297. The van der Waals surface area contributed by atoms with Crippen molar-refractivity contribution in [3.63, 3.8) is 0 Å². The number of hydrogen-bond acceptors (Lipinski definition) is 2. The maximum atomic E-state index is 12.8. The standard InChI is InChI=1S/C22H22ClN3O2/c1-15-3-2-4-16(11-15)22(28)26-9-7-25(8-10-26)21(27)12-17-14-24-20-6-5-18(23)13-19(17)20/h2-6,11,13-14,24H,7-10,12H2,1H3. The fourth-order valence-electron chi connectivity index (χ4n) is 3.69. The normalized spacial score (nSPS) is 14.5. The van der Waals surface area contributed by atoms with Crippen molar-refractivity contribution in [1.82, 2.24) is 14.8 Å². The summed E-state index contributed by atoms with van der Waals surface area (Å²) in [7, 11) is 0. The molecule has 1 fully saturated rings. The van der Waals surface area contributed by atoms with Crippen molar-refractivity contribution < 1.29 is 9.59 Å². The van der Waals surface area contributed by atoms with Gasteiger partial charge in [0.25, 0.3) is 5.91 Å². The highest BCUT2D eigenvalue weighted by atomic mass is 35.5. The van der Waals surface area contributed by atoms with Gasteiger partial charge in [-0.2, -0.15) is 0 Å². The van der Waals surface area contributed by atoms with Gasteiger partial charge in [-0.3, -0.25) is 9.59 Å². The number of rotatable bonds is 3. The Kier molecular flexibility index (Phi) is 5.09. The molecule has 6 heteroatoms. The van der Waals surface area contributed by atoms with E-state index in [9.17, 15) is 9.59 Å². The van der Waals surface area contributed by atoms with Gasteiger partial charge in [0.1, 0.15) is 0 Å². The second-order valence-electron chi connectivity index (χ2n) is 7.22. The Morgan fingerprint density at radius 2 is 1.79 bits per heavy atom. The molecule has 1 saturated heterocycles. The molecule has 4 rings (SSSR count). The number of piperazine rings is 1. The van der Waals surface area contributed by atoms with Gasteiger partial charge in [-0.05, 0) is 42.8 Å². The predicted octanol–water partition coefficient (Wildman–Crippen LogP) is 3.66. The minimum Gasteiger partial charge on any atom is -0.361 e. The Bertz CT molecular complexity index is 1040. The summed E-state index contributed by atoms with van der Waals surface area (Å²) in [6, 6.07) is 13.3. The topological polar surface area (TPSA) is 56.4 Å². The average molecular weight is 396 g/mol. The molecule has 0 spiro atoms. The van der Waals surface area contributed by atoms with Gasteiger partial charge in [0.05, 0.1) is 6.42 Å². The van der Waals surface area contributed by atoms with Crippen molar-refractivity contribution in [1.29, 1.82) is 0 Å². The maximum absolute atomic E-state index is 12.8. The Morgan fingerprint density at radius 3 is 2.54 bits per heavy atom. The molecule has 5 nitrogen and oxygen atoms in total. The van der Waals surface area contributed by atoms with Crippen molar-refractivity contribution >= 4 is 34.3 Å². The Labute approximate surface area is 168 Å². The Hall–Kier alpha value is -2.79. The van der Waals surface area contributed by atoms with Crippen molar-refractivity contribution in [2.24, 2.45) is 0 Å². The average Bonchev–Trinajstić information content (AvgIpc) is 3.09. The van der Waals surface area contributed by atoms with Crippen LogP contribution in [-0.4, -0.2) is 52.8 Å². The molecule has 0 radical (unpaired) electrons. The summed E-state index contributed by atoms with van der Waals surface area (Å²) < 4.78 is 0. The molecule has 0 unspecified atom stereocenters. The van der Waals surface area contributed by atoms with Crippen LogP contribution >= 0.6 is 11.6 Å². The van der Waals surface area contributed by atoms with Crippen molar-refractivity contribution in [2.45, 2.75) is 13.3 Å². The van der Waals surface area contributed by atoms with E-state index >= 15 is 0 Å². The summed E-state index contributed by atoms with van der Waals surface area (Å²) in [6.45, 7) is 4.20. The molecule has 0 atom stereocenters. The number of carbonyl (C=O) groups is 2. The number of aromatic amines is 1. The number of hydrogen-bond donors (Lipinski definition) is 1. The Balaban J connectivity index is 1.38. The third-order valence-corrected chi connectivity index (χ3v) is 5.49.